The van der Waals surface area contributed by atoms with Crippen molar-refractivity contribution in [3.8, 4) is 5.75 Å². The molecule has 15 heavy (non-hydrogen) atoms. The molecule has 0 unspecified atom stereocenters. The molecular weight excluding hydrogens is 267 g/mol. The highest BCUT2D eigenvalue weighted by Gasteiger charge is 2.07. The van der Waals surface area contributed by atoms with Crippen molar-refractivity contribution in [3.63, 3.8) is 0 Å². The first-order valence-electron chi connectivity index (χ1n) is 4.30. The van der Waals surface area contributed by atoms with E-state index < -0.39 is 6.29 Å². The fourth-order valence-electron chi connectivity index (χ4n) is 0.963. The van der Waals surface area contributed by atoms with E-state index in [2.05, 4.69) is 15.9 Å². The zero-order chi connectivity index (χ0) is 11.3. The van der Waals surface area contributed by atoms with Crippen LogP contribution in [0.25, 0.3) is 0 Å². The molecule has 0 radical (unpaired) electrons. The lowest BCUT2D eigenvalue weighted by atomic mass is 10.3. The lowest BCUT2D eigenvalue weighted by Crippen LogP contribution is -2.21. The Kier molecular flexibility index (Phi) is 5.01. The maximum atomic E-state index is 12.9. The summed E-state index contributed by atoms with van der Waals surface area (Å²) in [5, 5.41) is 0. The monoisotopic (exact) mass is 278 g/mol. The van der Waals surface area contributed by atoms with Crippen molar-refractivity contribution in [3.05, 3.63) is 28.5 Å². The second-order valence-electron chi connectivity index (χ2n) is 2.79. The molecule has 5 heteroatoms. The van der Waals surface area contributed by atoms with Gasteiger partial charge in [0.05, 0.1) is 4.47 Å². The third-order valence-corrected chi connectivity index (χ3v) is 2.41. The standard InChI is InChI=1S/C10H12BrFO3/c1-13-10(14-2)6-15-7-3-4-9(12)8(11)5-7/h3-5,10H,6H2,1-2H3. The van der Waals surface area contributed by atoms with Gasteiger partial charge in [0, 0.05) is 14.2 Å². The van der Waals surface area contributed by atoms with E-state index in [9.17, 15) is 4.39 Å². The van der Waals surface area contributed by atoms with E-state index in [1.54, 1.807) is 12.1 Å². The second kappa shape index (κ2) is 6.05. The highest BCUT2D eigenvalue weighted by atomic mass is 79.9. The van der Waals surface area contributed by atoms with Gasteiger partial charge in [-0.3, -0.25) is 0 Å². The predicted octanol–water partition coefficient (Wildman–Crippen LogP) is 2.59. The van der Waals surface area contributed by atoms with Gasteiger partial charge in [0.15, 0.2) is 6.29 Å². The number of hydrogen-bond donors (Lipinski definition) is 0. The fraction of sp³-hybridized carbons (Fsp3) is 0.400. The normalized spacial score (nSPS) is 10.7. The van der Waals surface area contributed by atoms with Crippen molar-refractivity contribution in [1.82, 2.24) is 0 Å². The Hall–Kier alpha value is -0.650. The molecule has 0 spiro atoms. The number of hydrogen-bond acceptors (Lipinski definition) is 3. The first-order valence-corrected chi connectivity index (χ1v) is 5.10. The van der Waals surface area contributed by atoms with Crippen LogP contribution in [0.2, 0.25) is 0 Å². The van der Waals surface area contributed by atoms with Crippen LogP contribution >= 0.6 is 15.9 Å². The first kappa shape index (κ1) is 12.4. The van der Waals surface area contributed by atoms with Gasteiger partial charge in [0.25, 0.3) is 0 Å². The molecule has 0 heterocycles. The van der Waals surface area contributed by atoms with Crippen LogP contribution in [-0.2, 0) is 9.47 Å². The quantitative estimate of drug-likeness (QED) is 0.775. The van der Waals surface area contributed by atoms with E-state index in [1.165, 1.54) is 20.3 Å². The topological polar surface area (TPSA) is 27.7 Å². The smallest absolute Gasteiger partial charge is 0.191 e. The predicted molar refractivity (Wildman–Crippen MR) is 57.4 cm³/mol. The van der Waals surface area contributed by atoms with E-state index in [0.717, 1.165) is 0 Å². The molecule has 0 aliphatic rings. The van der Waals surface area contributed by atoms with E-state index >= 15 is 0 Å². The van der Waals surface area contributed by atoms with Crippen LogP contribution in [0.4, 0.5) is 4.39 Å². The summed E-state index contributed by atoms with van der Waals surface area (Å²) in [4.78, 5) is 0. The minimum absolute atomic E-state index is 0.255. The van der Waals surface area contributed by atoms with Gasteiger partial charge in [0.2, 0.25) is 0 Å². The Morgan fingerprint density at radius 2 is 2.00 bits per heavy atom. The molecule has 0 bridgehead atoms. The van der Waals surface area contributed by atoms with Gasteiger partial charge in [0.1, 0.15) is 18.2 Å². The zero-order valence-corrected chi connectivity index (χ0v) is 10.1. The van der Waals surface area contributed by atoms with Crippen LogP contribution in [0.1, 0.15) is 0 Å². The third-order valence-electron chi connectivity index (χ3n) is 1.80. The van der Waals surface area contributed by atoms with E-state index in [0.29, 0.717) is 10.2 Å². The molecule has 0 amide bonds. The Morgan fingerprint density at radius 1 is 1.33 bits per heavy atom. The van der Waals surface area contributed by atoms with Crippen LogP contribution in [0.3, 0.4) is 0 Å². The molecule has 0 atom stereocenters. The summed E-state index contributed by atoms with van der Waals surface area (Å²) in [7, 11) is 3.05. The van der Waals surface area contributed by atoms with Gasteiger partial charge in [-0.15, -0.1) is 0 Å². The minimum atomic E-state index is -0.422. The number of benzene rings is 1. The van der Waals surface area contributed by atoms with Crippen LogP contribution in [-0.4, -0.2) is 27.1 Å². The first-order chi connectivity index (χ1) is 7.17. The van der Waals surface area contributed by atoms with Crippen molar-refractivity contribution >= 4 is 15.9 Å². The molecular formula is C10H12BrFO3. The largest absolute Gasteiger partial charge is 0.488 e. The fourth-order valence-corrected chi connectivity index (χ4v) is 1.32. The Balaban J connectivity index is 2.54. The van der Waals surface area contributed by atoms with Crippen molar-refractivity contribution in [1.29, 1.82) is 0 Å². The highest BCUT2D eigenvalue weighted by molar-refractivity contribution is 9.10. The summed E-state index contributed by atoms with van der Waals surface area (Å²) in [6, 6.07) is 4.42. The summed E-state index contributed by atoms with van der Waals surface area (Å²) in [5.74, 6) is 0.236. The maximum Gasteiger partial charge on any atom is 0.191 e. The SMILES string of the molecule is COC(COc1ccc(F)c(Br)c1)OC. The summed E-state index contributed by atoms with van der Waals surface area (Å²) in [6.45, 7) is 0.255. The molecule has 0 aromatic heterocycles. The van der Waals surface area contributed by atoms with Crippen LogP contribution in [0.5, 0.6) is 5.75 Å². The van der Waals surface area contributed by atoms with Gasteiger partial charge in [-0.1, -0.05) is 0 Å². The molecule has 1 aromatic carbocycles. The van der Waals surface area contributed by atoms with Gasteiger partial charge >= 0.3 is 0 Å². The molecule has 0 aliphatic heterocycles. The molecule has 0 saturated carbocycles. The van der Waals surface area contributed by atoms with E-state index in [-0.39, 0.29) is 12.4 Å². The van der Waals surface area contributed by atoms with Gasteiger partial charge in [-0.25, -0.2) is 4.39 Å². The molecule has 0 fully saturated rings. The van der Waals surface area contributed by atoms with Crippen LogP contribution in [0.15, 0.2) is 22.7 Å². The number of methoxy groups -OCH3 is 2. The van der Waals surface area contributed by atoms with Crippen LogP contribution in [0, 0.1) is 5.82 Å². The highest BCUT2D eigenvalue weighted by Crippen LogP contribution is 2.21. The summed E-state index contributed by atoms with van der Waals surface area (Å²) >= 11 is 3.07. The van der Waals surface area contributed by atoms with Crippen LogP contribution < -0.4 is 4.74 Å². The van der Waals surface area contributed by atoms with Gasteiger partial charge in [-0.2, -0.15) is 0 Å². The van der Waals surface area contributed by atoms with Gasteiger partial charge < -0.3 is 14.2 Å². The average Bonchev–Trinajstić information content (AvgIpc) is 2.24. The van der Waals surface area contributed by atoms with E-state index in [1.807, 2.05) is 0 Å². The molecule has 1 aromatic rings. The number of halogens is 2. The molecule has 3 nitrogen and oxygen atoms in total. The lowest BCUT2D eigenvalue weighted by Gasteiger charge is -2.14. The number of rotatable bonds is 5. The van der Waals surface area contributed by atoms with E-state index in [4.69, 9.17) is 14.2 Å². The molecule has 0 N–H and O–H groups in total. The van der Waals surface area contributed by atoms with Gasteiger partial charge in [-0.05, 0) is 34.1 Å². The van der Waals surface area contributed by atoms with Crippen molar-refractivity contribution in [2.24, 2.45) is 0 Å². The maximum absolute atomic E-state index is 12.9. The van der Waals surface area contributed by atoms with Crippen molar-refractivity contribution < 1.29 is 18.6 Å². The Labute approximate surface area is 96.3 Å². The van der Waals surface area contributed by atoms with Crippen molar-refractivity contribution in [2.75, 3.05) is 20.8 Å². The molecule has 1 rings (SSSR count). The second-order valence-corrected chi connectivity index (χ2v) is 3.64. The Morgan fingerprint density at radius 3 is 2.53 bits per heavy atom. The molecule has 0 saturated heterocycles. The average molecular weight is 279 g/mol. The molecule has 84 valence electrons. The zero-order valence-electron chi connectivity index (χ0n) is 8.50. The summed E-state index contributed by atoms with van der Waals surface area (Å²) in [5.41, 5.74) is 0. The number of ether oxygens (including phenoxy) is 3. The Bertz CT molecular complexity index is 316. The summed E-state index contributed by atoms with van der Waals surface area (Å²) in [6.07, 6.45) is -0.422. The molecule has 0 aliphatic carbocycles. The third kappa shape index (κ3) is 3.77. The van der Waals surface area contributed by atoms with Crippen molar-refractivity contribution in [2.45, 2.75) is 6.29 Å². The lowest BCUT2D eigenvalue weighted by molar-refractivity contribution is -0.121. The summed E-state index contributed by atoms with van der Waals surface area (Å²) < 4.78 is 28.5. The minimum Gasteiger partial charge on any atom is -0.488 e.